The fraction of sp³-hybridized carbons (Fsp3) is 0.812. The minimum Gasteiger partial charge on any atom is -0.363 e. The maximum absolute atomic E-state index is 4.51. The van der Waals surface area contributed by atoms with E-state index >= 15 is 0 Å². The van der Waals surface area contributed by atoms with Crippen LogP contribution in [0.1, 0.15) is 44.7 Å². The van der Waals surface area contributed by atoms with E-state index in [9.17, 15) is 0 Å². The highest BCUT2D eigenvalue weighted by molar-refractivity contribution is 5.50. The van der Waals surface area contributed by atoms with Crippen molar-refractivity contribution in [3.8, 4) is 0 Å². The Morgan fingerprint density at radius 3 is 2.65 bits per heavy atom. The van der Waals surface area contributed by atoms with Crippen molar-refractivity contribution in [3.05, 3.63) is 11.9 Å². The van der Waals surface area contributed by atoms with Crippen LogP contribution in [0.5, 0.6) is 0 Å². The largest absolute Gasteiger partial charge is 0.363 e. The van der Waals surface area contributed by atoms with Crippen LogP contribution in [0.15, 0.2) is 6.20 Å². The van der Waals surface area contributed by atoms with Crippen LogP contribution in [0.4, 0.5) is 5.69 Å². The number of nitrogens with one attached hydrogen (secondary N) is 1. The summed E-state index contributed by atoms with van der Waals surface area (Å²) in [5.74, 6) is 0.871. The van der Waals surface area contributed by atoms with Crippen molar-refractivity contribution in [2.75, 3.05) is 18.0 Å². The van der Waals surface area contributed by atoms with Gasteiger partial charge in [-0.05, 0) is 32.6 Å². The molecule has 1 aromatic rings. The van der Waals surface area contributed by atoms with Gasteiger partial charge in [-0.2, -0.15) is 5.10 Å². The molecule has 1 aliphatic carbocycles. The Hall–Kier alpha value is -1.03. The number of nitrogens with zero attached hydrogens (tertiary/aromatic N) is 3. The third-order valence-electron chi connectivity index (χ3n) is 5.12. The SMILES string of the molecule is Cc1nn(C)cc1N1CC(C2CCCCC2)NCC1C. The first-order valence-corrected chi connectivity index (χ1v) is 8.15. The molecule has 1 aromatic heterocycles. The number of piperazine rings is 1. The Morgan fingerprint density at radius 2 is 2.00 bits per heavy atom. The van der Waals surface area contributed by atoms with Crippen LogP contribution < -0.4 is 10.2 Å². The normalized spacial score (nSPS) is 28.9. The number of aryl methyl sites for hydroxylation is 2. The van der Waals surface area contributed by atoms with Gasteiger partial charge in [0.25, 0.3) is 0 Å². The molecule has 0 bridgehead atoms. The molecule has 2 aliphatic rings. The highest BCUT2D eigenvalue weighted by atomic mass is 15.3. The van der Waals surface area contributed by atoms with E-state index < -0.39 is 0 Å². The Labute approximate surface area is 122 Å². The van der Waals surface area contributed by atoms with Crippen LogP contribution in [-0.2, 0) is 7.05 Å². The first kappa shape index (κ1) is 13.9. The van der Waals surface area contributed by atoms with Gasteiger partial charge in [-0.15, -0.1) is 0 Å². The van der Waals surface area contributed by atoms with Crippen molar-refractivity contribution in [2.45, 2.75) is 58.0 Å². The van der Waals surface area contributed by atoms with Gasteiger partial charge in [0.15, 0.2) is 0 Å². The van der Waals surface area contributed by atoms with E-state index in [-0.39, 0.29) is 0 Å². The lowest BCUT2D eigenvalue weighted by Gasteiger charge is -2.43. The average molecular weight is 276 g/mol. The number of aromatic nitrogens is 2. The molecule has 2 fully saturated rings. The lowest BCUT2D eigenvalue weighted by Crippen LogP contribution is -2.58. The second-order valence-electron chi connectivity index (χ2n) is 6.69. The molecule has 2 unspecified atom stereocenters. The minimum atomic E-state index is 0.553. The second kappa shape index (κ2) is 5.76. The summed E-state index contributed by atoms with van der Waals surface area (Å²) >= 11 is 0. The van der Waals surface area contributed by atoms with E-state index in [1.165, 1.54) is 37.8 Å². The van der Waals surface area contributed by atoms with Crippen LogP contribution in [0.3, 0.4) is 0 Å². The van der Waals surface area contributed by atoms with E-state index in [1.807, 2.05) is 11.7 Å². The van der Waals surface area contributed by atoms with Crippen LogP contribution in [0.25, 0.3) is 0 Å². The van der Waals surface area contributed by atoms with Crippen molar-refractivity contribution in [1.29, 1.82) is 0 Å². The molecule has 3 rings (SSSR count). The Kier molecular flexibility index (Phi) is 4.01. The molecule has 1 aliphatic heterocycles. The maximum Gasteiger partial charge on any atom is 0.0827 e. The molecule has 0 amide bonds. The number of hydrogen-bond acceptors (Lipinski definition) is 3. The van der Waals surface area contributed by atoms with E-state index in [0.717, 1.165) is 24.7 Å². The standard InChI is InChI=1S/C16H28N4/c1-12-9-17-15(14-7-5-4-6-8-14)10-20(12)16-11-19(3)18-13(16)2/h11-12,14-15,17H,4-10H2,1-3H3. The van der Waals surface area contributed by atoms with Crippen molar-refractivity contribution < 1.29 is 0 Å². The molecular formula is C16H28N4. The number of anilines is 1. The summed E-state index contributed by atoms with van der Waals surface area (Å²) in [6.45, 7) is 6.67. The third kappa shape index (κ3) is 2.71. The monoisotopic (exact) mass is 276 g/mol. The highest BCUT2D eigenvalue weighted by Gasteiger charge is 2.32. The van der Waals surface area contributed by atoms with E-state index in [1.54, 1.807) is 0 Å². The predicted octanol–water partition coefficient (Wildman–Crippen LogP) is 2.48. The zero-order valence-corrected chi connectivity index (χ0v) is 13.1. The van der Waals surface area contributed by atoms with Crippen molar-refractivity contribution in [3.63, 3.8) is 0 Å². The molecule has 4 heteroatoms. The molecular weight excluding hydrogens is 248 g/mol. The van der Waals surface area contributed by atoms with Gasteiger partial charge in [0, 0.05) is 38.4 Å². The molecule has 20 heavy (non-hydrogen) atoms. The molecule has 0 radical (unpaired) electrons. The molecule has 1 saturated carbocycles. The molecule has 1 N–H and O–H groups in total. The third-order valence-corrected chi connectivity index (χ3v) is 5.12. The number of rotatable bonds is 2. The molecule has 0 spiro atoms. The summed E-state index contributed by atoms with van der Waals surface area (Å²) in [5.41, 5.74) is 2.48. The lowest BCUT2D eigenvalue weighted by molar-refractivity contribution is 0.245. The smallest absolute Gasteiger partial charge is 0.0827 e. The minimum absolute atomic E-state index is 0.553. The summed E-state index contributed by atoms with van der Waals surface area (Å²) in [7, 11) is 2.02. The Balaban J connectivity index is 1.74. The number of hydrogen-bond donors (Lipinski definition) is 1. The fourth-order valence-electron chi connectivity index (χ4n) is 3.95. The van der Waals surface area contributed by atoms with Crippen LogP contribution in [-0.4, -0.2) is 35.0 Å². The van der Waals surface area contributed by atoms with Gasteiger partial charge in [0.1, 0.15) is 0 Å². The van der Waals surface area contributed by atoms with E-state index in [0.29, 0.717) is 12.1 Å². The van der Waals surface area contributed by atoms with Gasteiger partial charge in [0.2, 0.25) is 0 Å². The van der Waals surface area contributed by atoms with E-state index in [4.69, 9.17) is 0 Å². The maximum atomic E-state index is 4.51. The van der Waals surface area contributed by atoms with Crippen LogP contribution in [0, 0.1) is 12.8 Å². The molecule has 112 valence electrons. The summed E-state index contributed by atoms with van der Waals surface area (Å²) < 4.78 is 1.94. The first-order valence-electron chi connectivity index (χ1n) is 8.15. The predicted molar refractivity (Wildman–Crippen MR) is 83.1 cm³/mol. The average Bonchev–Trinajstić information content (AvgIpc) is 2.79. The van der Waals surface area contributed by atoms with Crippen molar-refractivity contribution in [1.82, 2.24) is 15.1 Å². The Morgan fingerprint density at radius 1 is 1.25 bits per heavy atom. The van der Waals surface area contributed by atoms with Crippen LogP contribution in [0.2, 0.25) is 0 Å². The molecule has 1 saturated heterocycles. The topological polar surface area (TPSA) is 33.1 Å². The summed E-state index contributed by atoms with van der Waals surface area (Å²) in [5, 5.41) is 8.31. The van der Waals surface area contributed by atoms with Gasteiger partial charge >= 0.3 is 0 Å². The highest BCUT2D eigenvalue weighted by Crippen LogP contribution is 2.30. The second-order valence-corrected chi connectivity index (χ2v) is 6.69. The van der Waals surface area contributed by atoms with Crippen molar-refractivity contribution >= 4 is 5.69 Å². The molecule has 4 nitrogen and oxygen atoms in total. The van der Waals surface area contributed by atoms with Crippen molar-refractivity contribution in [2.24, 2.45) is 13.0 Å². The summed E-state index contributed by atoms with van der Waals surface area (Å²) in [6.07, 6.45) is 9.27. The van der Waals surface area contributed by atoms with Gasteiger partial charge in [-0.1, -0.05) is 19.3 Å². The van der Waals surface area contributed by atoms with Gasteiger partial charge in [-0.3, -0.25) is 4.68 Å². The zero-order valence-electron chi connectivity index (χ0n) is 13.1. The quantitative estimate of drug-likeness (QED) is 0.901. The molecule has 2 atom stereocenters. The van der Waals surface area contributed by atoms with Gasteiger partial charge in [0.05, 0.1) is 11.4 Å². The van der Waals surface area contributed by atoms with Crippen LogP contribution >= 0.6 is 0 Å². The van der Waals surface area contributed by atoms with Gasteiger partial charge < -0.3 is 10.2 Å². The molecule has 2 heterocycles. The summed E-state index contributed by atoms with van der Waals surface area (Å²) in [6, 6.07) is 1.21. The fourth-order valence-corrected chi connectivity index (χ4v) is 3.95. The summed E-state index contributed by atoms with van der Waals surface area (Å²) in [4.78, 5) is 2.57. The molecule has 0 aromatic carbocycles. The van der Waals surface area contributed by atoms with E-state index in [2.05, 4.69) is 35.4 Å². The van der Waals surface area contributed by atoms with Gasteiger partial charge in [-0.25, -0.2) is 0 Å². The first-order chi connectivity index (χ1) is 9.65. The zero-order chi connectivity index (χ0) is 14.1. The Bertz CT molecular complexity index is 447. The lowest BCUT2D eigenvalue weighted by atomic mass is 9.82.